The van der Waals surface area contributed by atoms with E-state index in [1.807, 2.05) is 0 Å². The maximum atomic E-state index is 12.3. The zero-order chi connectivity index (χ0) is 14.0. The normalized spacial score (nSPS) is 11.3. The Bertz CT molecular complexity index is 717. The number of aryl methyl sites for hydroxylation is 1. The third-order valence-electron chi connectivity index (χ3n) is 2.48. The molecule has 0 amide bonds. The molecule has 2 aromatic rings. The summed E-state index contributed by atoms with van der Waals surface area (Å²) in [6.07, 6.45) is 1.42. The predicted octanol–water partition coefficient (Wildman–Crippen LogP) is 2.43. The van der Waals surface area contributed by atoms with Gasteiger partial charge in [0.15, 0.2) is 0 Å². The van der Waals surface area contributed by atoms with Crippen LogP contribution in [0.1, 0.15) is 5.56 Å². The minimum atomic E-state index is -3.70. The molecule has 0 fully saturated rings. The molecule has 7 heteroatoms. The van der Waals surface area contributed by atoms with Crippen LogP contribution >= 0.6 is 11.6 Å². The van der Waals surface area contributed by atoms with Gasteiger partial charge in [0.05, 0.1) is 10.6 Å². The molecule has 2 rings (SSSR count). The van der Waals surface area contributed by atoms with E-state index in [0.29, 0.717) is 16.9 Å². The highest BCUT2D eigenvalue weighted by Gasteiger charge is 2.17. The number of hydrogen-bond donors (Lipinski definition) is 2. The number of nitrogens with two attached hydrogens (primary N) is 1. The quantitative estimate of drug-likeness (QED) is 0.673. The van der Waals surface area contributed by atoms with Crippen LogP contribution in [0.15, 0.2) is 41.4 Å². The van der Waals surface area contributed by atoms with Crippen molar-refractivity contribution in [3.8, 4) is 0 Å². The Labute approximate surface area is 116 Å². The summed E-state index contributed by atoms with van der Waals surface area (Å²) in [5.41, 5.74) is 6.97. The van der Waals surface area contributed by atoms with E-state index < -0.39 is 10.0 Å². The molecule has 0 unspecified atom stereocenters. The van der Waals surface area contributed by atoms with Crippen molar-refractivity contribution in [2.75, 3.05) is 10.5 Å². The Kier molecular flexibility index (Phi) is 3.64. The number of halogens is 1. The van der Waals surface area contributed by atoms with Crippen LogP contribution in [-0.4, -0.2) is 13.4 Å². The minimum absolute atomic E-state index is 0.139. The number of anilines is 2. The molecule has 100 valence electrons. The number of hydrogen-bond acceptors (Lipinski definition) is 4. The molecule has 0 aliphatic carbocycles. The summed E-state index contributed by atoms with van der Waals surface area (Å²) in [5.74, 6) is 0. The van der Waals surface area contributed by atoms with Gasteiger partial charge in [0.2, 0.25) is 0 Å². The highest BCUT2D eigenvalue weighted by molar-refractivity contribution is 7.92. The lowest BCUT2D eigenvalue weighted by Crippen LogP contribution is -2.14. The number of nitrogens with zero attached hydrogens (tertiary/aromatic N) is 1. The molecule has 1 heterocycles. The lowest BCUT2D eigenvalue weighted by molar-refractivity contribution is 0.600. The number of benzene rings is 1. The van der Waals surface area contributed by atoms with Crippen molar-refractivity contribution < 1.29 is 8.42 Å². The van der Waals surface area contributed by atoms with Gasteiger partial charge in [-0.3, -0.25) is 4.72 Å². The van der Waals surface area contributed by atoms with E-state index in [4.69, 9.17) is 17.3 Å². The van der Waals surface area contributed by atoms with Gasteiger partial charge in [-0.1, -0.05) is 17.7 Å². The van der Waals surface area contributed by atoms with Crippen LogP contribution in [0.25, 0.3) is 0 Å². The summed E-state index contributed by atoms with van der Waals surface area (Å²) in [5, 5.41) is 0.212. The maximum Gasteiger partial charge on any atom is 0.262 e. The summed E-state index contributed by atoms with van der Waals surface area (Å²) < 4.78 is 26.9. The summed E-state index contributed by atoms with van der Waals surface area (Å²) in [6, 6.07) is 7.67. The van der Waals surface area contributed by atoms with Gasteiger partial charge >= 0.3 is 0 Å². The monoisotopic (exact) mass is 297 g/mol. The SMILES string of the molecule is Cc1ccc(N)cc1S(=O)(=O)Nc1ccnc(Cl)c1. The Morgan fingerprint density at radius 3 is 2.68 bits per heavy atom. The second-order valence-corrected chi connectivity index (χ2v) is 6.04. The van der Waals surface area contributed by atoms with E-state index in [-0.39, 0.29) is 10.0 Å². The van der Waals surface area contributed by atoms with Crippen molar-refractivity contribution in [1.29, 1.82) is 0 Å². The van der Waals surface area contributed by atoms with Crippen molar-refractivity contribution in [3.63, 3.8) is 0 Å². The molecule has 0 aliphatic rings. The van der Waals surface area contributed by atoms with E-state index in [1.54, 1.807) is 19.1 Å². The lowest BCUT2D eigenvalue weighted by atomic mass is 10.2. The fraction of sp³-hybridized carbons (Fsp3) is 0.0833. The number of nitrogens with one attached hydrogen (secondary N) is 1. The Morgan fingerprint density at radius 2 is 2.00 bits per heavy atom. The van der Waals surface area contributed by atoms with E-state index in [0.717, 1.165) is 0 Å². The molecule has 19 heavy (non-hydrogen) atoms. The average Bonchev–Trinajstić information content (AvgIpc) is 2.31. The molecule has 0 atom stereocenters. The Morgan fingerprint density at radius 1 is 1.26 bits per heavy atom. The first-order chi connectivity index (χ1) is 8.88. The molecule has 0 radical (unpaired) electrons. The van der Waals surface area contributed by atoms with Crippen LogP contribution < -0.4 is 10.5 Å². The van der Waals surface area contributed by atoms with Gasteiger partial charge in [0.1, 0.15) is 5.15 Å². The van der Waals surface area contributed by atoms with E-state index in [9.17, 15) is 8.42 Å². The van der Waals surface area contributed by atoms with Crippen LogP contribution in [0.2, 0.25) is 5.15 Å². The Balaban J connectivity index is 2.40. The van der Waals surface area contributed by atoms with Crippen molar-refractivity contribution in [3.05, 3.63) is 47.2 Å². The van der Waals surface area contributed by atoms with Crippen LogP contribution in [0, 0.1) is 6.92 Å². The Hall–Kier alpha value is -1.79. The fourth-order valence-electron chi connectivity index (χ4n) is 1.58. The number of sulfonamides is 1. The fourth-order valence-corrected chi connectivity index (χ4v) is 3.09. The smallest absolute Gasteiger partial charge is 0.262 e. The molecular formula is C12H12ClN3O2S. The maximum absolute atomic E-state index is 12.3. The first-order valence-electron chi connectivity index (χ1n) is 5.39. The second kappa shape index (κ2) is 5.07. The second-order valence-electron chi connectivity index (χ2n) is 4.00. The lowest BCUT2D eigenvalue weighted by Gasteiger charge is -2.11. The first-order valence-corrected chi connectivity index (χ1v) is 7.25. The first kappa shape index (κ1) is 13.6. The number of nitrogen functional groups attached to an aromatic ring is 1. The molecule has 0 aliphatic heterocycles. The van der Waals surface area contributed by atoms with Crippen molar-refractivity contribution in [2.24, 2.45) is 0 Å². The minimum Gasteiger partial charge on any atom is -0.399 e. The molecule has 5 nitrogen and oxygen atoms in total. The van der Waals surface area contributed by atoms with E-state index >= 15 is 0 Å². The molecule has 1 aromatic heterocycles. The van der Waals surface area contributed by atoms with E-state index in [1.165, 1.54) is 24.4 Å². The zero-order valence-electron chi connectivity index (χ0n) is 10.1. The molecule has 0 bridgehead atoms. The number of rotatable bonds is 3. The molecule has 0 saturated carbocycles. The van der Waals surface area contributed by atoms with Gasteiger partial charge in [-0.2, -0.15) is 0 Å². The third kappa shape index (κ3) is 3.15. The molecular weight excluding hydrogens is 286 g/mol. The average molecular weight is 298 g/mol. The van der Waals surface area contributed by atoms with Crippen LogP contribution in [0.4, 0.5) is 11.4 Å². The predicted molar refractivity (Wildman–Crippen MR) is 75.6 cm³/mol. The molecule has 3 N–H and O–H groups in total. The van der Waals surface area contributed by atoms with E-state index in [2.05, 4.69) is 9.71 Å². The van der Waals surface area contributed by atoms with Gasteiger partial charge in [-0.25, -0.2) is 13.4 Å². The third-order valence-corrected chi connectivity index (χ3v) is 4.21. The summed E-state index contributed by atoms with van der Waals surface area (Å²) >= 11 is 5.71. The van der Waals surface area contributed by atoms with Gasteiger partial charge < -0.3 is 5.73 Å². The van der Waals surface area contributed by atoms with Crippen LogP contribution in [-0.2, 0) is 10.0 Å². The number of pyridine rings is 1. The highest BCUT2D eigenvalue weighted by Crippen LogP contribution is 2.22. The zero-order valence-corrected chi connectivity index (χ0v) is 11.7. The van der Waals surface area contributed by atoms with Crippen molar-refractivity contribution in [1.82, 2.24) is 4.98 Å². The van der Waals surface area contributed by atoms with Gasteiger partial charge in [0, 0.05) is 11.9 Å². The largest absolute Gasteiger partial charge is 0.399 e. The summed E-state index contributed by atoms with van der Waals surface area (Å²) in [6.45, 7) is 1.70. The van der Waals surface area contributed by atoms with Gasteiger partial charge in [-0.15, -0.1) is 0 Å². The topological polar surface area (TPSA) is 85.1 Å². The van der Waals surface area contributed by atoms with Crippen molar-refractivity contribution >= 4 is 33.0 Å². The molecule has 0 saturated heterocycles. The summed E-state index contributed by atoms with van der Waals surface area (Å²) in [7, 11) is -3.70. The van der Waals surface area contributed by atoms with Crippen molar-refractivity contribution in [2.45, 2.75) is 11.8 Å². The van der Waals surface area contributed by atoms with Gasteiger partial charge in [0.25, 0.3) is 10.0 Å². The molecule has 0 spiro atoms. The molecule has 1 aromatic carbocycles. The standard InChI is InChI=1S/C12H12ClN3O2S/c1-8-2-3-9(14)6-11(8)19(17,18)16-10-4-5-15-12(13)7-10/h2-7H,14H2,1H3,(H,15,16). The summed E-state index contributed by atoms with van der Waals surface area (Å²) in [4.78, 5) is 3.92. The van der Waals surface area contributed by atoms with Crippen LogP contribution in [0.5, 0.6) is 0 Å². The van der Waals surface area contributed by atoms with Gasteiger partial charge in [-0.05, 0) is 36.8 Å². The van der Waals surface area contributed by atoms with Crippen LogP contribution in [0.3, 0.4) is 0 Å². The highest BCUT2D eigenvalue weighted by atomic mass is 35.5. The number of aromatic nitrogens is 1.